The lowest BCUT2D eigenvalue weighted by Crippen LogP contribution is -1.94. The number of hydrogen-bond donors (Lipinski definition) is 1. The second-order valence-electron chi connectivity index (χ2n) is 4.50. The number of nitriles is 2. The largest absolute Gasteiger partial charge is 0.258 e. The molecule has 0 amide bonds. The van der Waals surface area contributed by atoms with Gasteiger partial charge in [0, 0.05) is 15.6 Å². The zero-order valence-electron chi connectivity index (χ0n) is 11.2. The number of aromatic amines is 1. The summed E-state index contributed by atoms with van der Waals surface area (Å²) in [5.41, 5.74) is 3.42. The maximum atomic E-state index is 9.33. The van der Waals surface area contributed by atoms with Crippen LogP contribution in [0.4, 0.5) is 0 Å². The highest BCUT2D eigenvalue weighted by Gasteiger charge is 2.16. The van der Waals surface area contributed by atoms with Gasteiger partial charge in [-0.3, -0.25) is 5.10 Å². The smallest absolute Gasteiger partial charge is 0.138 e. The van der Waals surface area contributed by atoms with Gasteiger partial charge in [0.1, 0.15) is 23.2 Å². The Labute approximate surface area is 134 Å². The fraction of sp³-hybridized carbons (Fsp3) is 0. The van der Waals surface area contributed by atoms with Gasteiger partial charge in [0.2, 0.25) is 0 Å². The maximum Gasteiger partial charge on any atom is 0.138 e. The molecule has 0 spiro atoms. The fourth-order valence-electron chi connectivity index (χ4n) is 2.29. The molecule has 0 bridgehead atoms. The van der Waals surface area contributed by atoms with Crippen molar-refractivity contribution in [2.75, 3.05) is 0 Å². The third-order valence-corrected chi connectivity index (χ3v) is 3.71. The number of nitrogens with one attached hydrogen (secondary N) is 1. The molecule has 0 fully saturated rings. The second-order valence-corrected chi connectivity index (χ2v) is 5.41. The summed E-state index contributed by atoms with van der Waals surface area (Å²) in [5, 5.41) is 29.3. The van der Waals surface area contributed by atoms with E-state index >= 15 is 0 Å². The molecule has 3 aromatic rings. The molecule has 0 aliphatic rings. The number of fused-ring (bicyclic) bond motifs is 1. The molecule has 5 nitrogen and oxygen atoms in total. The van der Waals surface area contributed by atoms with E-state index in [4.69, 9.17) is 0 Å². The molecule has 0 saturated carbocycles. The van der Waals surface area contributed by atoms with Gasteiger partial charge in [0.15, 0.2) is 0 Å². The van der Waals surface area contributed by atoms with Gasteiger partial charge in [0.25, 0.3) is 0 Å². The van der Waals surface area contributed by atoms with Crippen LogP contribution >= 0.6 is 15.9 Å². The normalized spacial score (nSPS) is 9.95. The van der Waals surface area contributed by atoms with Gasteiger partial charge < -0.3 is 0 Å². The number of halogens is 1. The van der Waals surface area contributed by atoms with Gasteiger partial charge in [0.05, 0.1) is 5.52 Å². The summed E-state index contributed by atoms with van der Waals surface area (Å²) in [6.07, 6.45) is 0. The monoisotopic (exact) mass is 349 g/mol. The number of H-pyrrole nitrogens is 1. The topological polar surface area (TPSA) is 89.1 Å². The minimum atomic E-state index is 0.0357. The molecule has 1 N–H and O–H groups in total. The molecular weight excluding hydrogens is 342 g/mol. The molecule has 22 heavy (non-hydrogen) atoms. The van der Waals surface area contributed by atoms with Crippen LogP contribution in [0.1, 0.15) is 11.1 Å². The van der Waals surface area contributed by atoms with E-state index in [1.54, 1.807) is 0 Å². The average molecular weight is 350 g/mol. The highest BCUT2D eigenvalue weighted by molar-refractivity contribution is 9.10. The fourth-order valence-corrected chi connectivity index (χ4v) is 2.69. The van der Waals surface area contributed by atoms with Gasteiger partial charge in [-0.05, 0) is 23.8 Å². The zero-order valence-corrected chi connectivity index (χ0v) is 12.8. The van der Waals surface area contributed by atoms with Crippen LogP contribution in [0.2, 0.25) is 0 Å². The Morgan fingerprint density at radius 1 is 1.09 bits per heavy atom. The summed E-state index contributed by atoms with van der Waals surface area (Å²) >= 11 is 3.42. The van der Waals surface area contributed by atoms with E-state index in [-0.39, 0.29) is 5.57 Å². The summed E-state index contributed by atoms with van der Waals surface area (Å²) in [6.45, 7) is 0. The van der Waals surface area contributed by atoms with Crippen molar-refractivity contribution in [1.82, 2.24) is 15.4 Å². The van der Waals surface area contributed by atoms with Crippen molar-refractivity contribution in [3.63, 3.8) is 0 Å². The lowest BCUT2D eigenvalue weighted by atomic mass is 9.93. The first-order valence-corrected chi connectivity index (χ1v) is 7.14. The third-order valence-electron chi connectivity index (χ3n) is 3.21. The third kappa shape index (κ3) is 2.37. The molecule has 0 unspecified atom stereocenters. The first-order valence-electron chi connectivity index (χ1n) is 6.35. The van der Waals surface area contributed by atoms with Crippen LogP contribution in [0.3, 0.4) is 0 Å². The molecular formula is C16H8BrN5. The van der Waals surface area contributed by atoms with Crippen LogP contribution in [-0.2, 0) is 0 Å². The highest BCUT2D eigenvalue weighted by Crippen LogP contribution is 2.31. The van der Waals surface area contributed by atoms with Crippen molar-refractivity contribution in [1.29, 1.82) is 10.5 Å². The van der Waals surface area contributed by atoms with Crippen LogP contribution in [0.15, 0.2) is 52.5 Å². The van der Waals surface area contributed by atoms with Crippen molar-refractivity contribution in [3.8, 4) is 12.1 Å². The number of benzene rings is 2. The van der Waals surface area contributed by atoms with E-state index in [1.165, 1.54) is 0 Å². The quantitative estimate of drug-likeness (QED) is 0.716. The lowest BCUT2D eigenvalue weighted by Gasteiger charge is -2.09. The van der Waals surface area contributed by atoms with Crippen molar-refractivity contribution < 1.29 is 0 Å². The van der Waals surface area contributed by atoms with Crippen LogP contribution in [0, 0.1) is 22.7 Å². The Kier molecular flexibility index (Phi) is 3.69. The van der Waals surface area contributed by atoms with E-state index in [1.807, 2.05) is 54.6 Å². The minimum Gasteiger partial charge on any atom is -0.258 e. The van der Waals surface area contributed by atoms with E-state index < -0.39 is 0 Å². The van der Waals surface area contributed by atoms with Gasteiger partial charge in [-0.2, -0.15) is 10.5 Å². The summed E-state index contributed by atoms with van der Waals surface area (Å²) in [6, 6.07) is 16.9. The highest BCUT2D eigenvalue weighted by atomic mass is 79.9. The molecule has 2 aromatic carbocycles. The number of allylic oxidation sites excluding steroid dienone is 1. The van der Waals surface area contributed by atoms with Gasteiger partial charge in [-0.15, -0.1) is 5.10 Å². The predicted molar refractivity (Wildman–Crippen MR) is 85.3 cm³/mol. The SMILES string of the molecule is N#CC(C#N)=C(c1cccc(Br)c1)c1cccc2[nH]nnc12. The molecule has 0 aliphatic heterocycles. The van der Waals surface area contributed by atoms with Crippen molar-refractivity contribution >= 4 is 32.5 Å². The van der Waals surface area contributed by atoms with E-state index in [9.17, 15) is 10.5 Å². The van der Waals surface area contributed by atoms with Crippen molar-refractivity contribution in [3.05, 3.63) is 63.6 Å². The van der Waals surface area contributed by atoms with E-state index in [0.717, 1.165) is 15.6 Å². The van der Waals surface area contributed by atoms with Crippen LogP contribution in [0.5, 0.6) is 0 Å². The average Bonchev–Trinajstić information content (AvgIpc) is 3.01. The molecule has 3 rings (SSSR count). The maximum absolute atomic E-state index is 9.33. The Morgan fingerprint density at radius 3 is 2.59 bits per heavy atom. The summed E-state index contributed by atoms with van der Waals surface area (Å²) < 4.78 is 0.866. The Balaban J connectivity index is 2.38. The molecule has 0 atom stereocenters. The van der Waals surface area contributed by atoms with Gasteiger partial charge in [-0.1, -0.05) is 45.4 Å². The zero-order chi connectivity index (χ0) is 15.5. The number of hydrogen-bond acceptors (Lipinski definition) is 4. The number of nitrogens with zero attached hydrogens (tertiary/aromatic N) is 4. The molecule has 6 heteroatoms. The lowest BCUT2D eigenvalue weighted by molar-refractivity contribution is 0.959. The summed E-state index contributed by atoms with van der Waals surface area (Å²) in [7, 11) is 0. The van der Waals surface area contributed by atoms with Crippen LogP contribution in [0.25, 0.3) is 16.6 Å². The Hall–Kier alpha value is -2.96. The van der Waals surface area contributed by atoms with E-state index in [0.29, 0.717) is 16.7 Å². The molecule has 1 heterocycles. The number of rotatable bonds is 2. The van der Waals surface area contributed by atoms with Crippen molar-refractivity contribution in [2.24, 2.45) is 0 Å². The predicted octanol–water partition coefficient (Wildman–Crippen LogP) is 3.57. The second kappa shape index (κ2) is 5.80. The summed E-state index contributed by atoms with van der Waals surface area (Å²) in [4.78, 5) is 0. The molecule has 0 aliphatic carbocycles. The summed E-state index contributed by atoms with van der Waals surface area (Å²) in [5.74, 6) is 0. The van der Waals surface area contributed by atoms with Gasteiger partial charge >= 0.3 is 0 Å². The first-order chi connectivity index (χ1) is 10.7. The Morgan fingerprint density at radius 2 is 1.86 bits per heavy atom. The first kappa shape index (κ1) is 14.0. The standard InChI is InChI=1S/C16H8BrN5/c17-12-4-1-3-10(7-12)15(11(8-18)9-19)13-5-2-6-14-16(13)21-22-20-14/h1-7H,(H,20,21,22). The Bertz CT molecular complexity index is 956. The molecule has 0 saturated heterocycles. The van der Waals surface area contributed by atoms with Crippen LogP contribution in [-0.4, -0.2) is 15.4 Å². The van der Waals surface area contributed by atoms with Crippen LogP contribution < -0.4 is 0 Å². The molecule has 104 valence electrons. The minimum absolute atomic E-state index is 0.0357. The van der Waals surface area contributed by atoms with Crippen molar-refractivity contribution in [2.45, 2.75) is 0 Å². The molecule has 0 radical (unpaired) electrons. The molecule has 1 aromatic heterocycles. The van der Waals surface area contributed by atoms with Gasteiger partial charge in [-0.25, -0.2) is 0 Å². The number of aromatic nitrogens is 3. The van der Waals surface area contributed by atoms with E-state index in [2.05, 4.69) is 31.3 Å².